The number of benzene rings is 2. The SMILES string of the molecule is O=C(c1ccc(-c2ccccc2Br)cc1)C(O)O.[NaH]. The number of rotatable bonds is 3. The average molecular weight is 331 g/mol. The van der Waals surface area contributed by atoms with Crippen LogP contribution in [0.4, 0.5) is 0 Å². The third-order valence-corrected chi connectivity index (χ3v) is 3.28. The molecule has 3 nitrogen and oxygen atoms in total. The van der Waals surface area contributed by atoms with Gasteiger partial charge < -0.3 is 10.2 Å². The average Bonchev–Trinajstić information content (AvgIpc) is 2.38. The summed E-state index contributed by atoms with van der Waals surface area (Å²) in [5.41, 5.74) is 2.24. The van der Waals surface area contributed by atoms with Crippen molar-refractivity contribution in [3.8, 4) is 11.1 Å². The molecule has 0 aliphatic heterocycles. The number of carbonyl (C=O) groups excluding carboxylic acids is 1. The molecule has 94 valence electrons. The number of Topliss-reactive ketones (excluding diaryl/α,β-unsaturated/α-hetero) is 1. The van der Waals surface area contributed by atoms with Crippen molar-refractivity contribution in [2.75, 3.05) is 0 Å². The van der Waals surface area contributed by atoms with Gasteiger partial charge in [0.05, 0.1) is 0 Å². The van der Waals surface area contributed by atoms with E-state index in [4.69, 9.17) is 10.2 Å². The van der Waals surface area contributed by atoms with Gasteiger partial charge in [-0.2, -0.15) is 0 Å². The number of halogens is 1. The molecule has 0 radical (unpaired) electrons. The van der Waals surface area contributed by atoms with Crippen molar-refractivity contribution in [1.82, 2.24) is 0 Å². The first-order valence-corrected chi connectivity index (χ1v) is 6.14. The van der Waals surface area contributed by atoms with Gasteiger partial charge in [0.1, 0.15) is 0 Å². The van der Waals surface area contributed by atoms with E-state index in [0.717, 1.165) is 15.6 Å². The van der Waals surface area contributed by atoms with E-state index in [1.807, 2.05) is 24.3 Å². The van der Waals surface area contributed by atoms with Gasteiger partial charge >= 0.3 is 29.6 Å². The summed E-state index contributed by atoms with van der Waals surface area (Å²) < 4.78 is 0.964. The van der Waals surface area contributed by atoms with Gasteiger partial charge in [0.25, 0.3) is 0 Å². The molecular formula is C14H12BrNaO3. The number of carbonyl (C=O) groups is 1. The topological polar surface area (TPSA) is 57.5 Å². The van der Waals surface area contributed by atoms with Crippen molar-refractivity contribution in [1.29, 1.82) is 0 Å². The van der Waals surface area contributed by atoms with Crippen molar-refractivity contribution < 1.29 is 15.0 Å². The van der Waals surface area contributed by atoms with E-state index in [1.165, 1.54) is 0 Å². The quantitative estimate of drug-likeness (QED) is 0.514. The maximum atomic E-state index is 11.3. The first-order chi connectivity index (χ1) is 8.59. The Balaban J connectivity index is 0.00000180. The van der Waals surface area contributed by atoms with Crippen LogP contribution >= 0.6 is 15.9 Å². The Morgan fingerprint density at radius 2 is 1.58 bits per heavy atom. The number of ketones is 1. The van der Waals surface area contributed by atoms with Crippen molar-refractivity contribution >= 4 is 51.3 Å². The van der Waals surface area contributed by atoms with Crippen LogP contribution in [0.1, 0.15) is 10.4 Å². The third kappa shape index (κ3) is 3.99. The van der Waals surface area contributed by atoms with E-state index in [-0.39, 0.29) is 35.1 Å². The minimum absolute atomic E-state index is 0. The standard InChI is InChI=1S/C14H11BrO3.Na.H/c15-12-4-2-1-3-11(12)9-5-7-10(8-6-9)13(16)14(17)18;;/h1-8,14,17-18H;;. The molecule has 0 amide bonds. The summed E-state index contributed by atoms with van der Waals surface area (Å²) >= 11 is 3.46. The molecule has 0 aromatic heterocycles. The molecule has 0 bridgehead atoms. The van der Waals surface area contributed by atoms with Gasteiger partial charge in [0.2, 0.25) is 12.1 Å². The zero-order valence-corrected chi connectivity index (χ0v) is 11.0. The zero-order valence-electron chi connectivity index (χ0n) is 9.38. The van der Waals surface area contributed by atoms with Crippen LogP contribution in [0.2, 0.25) is 0 Å². The molecule has 0 saturated carbocycles. The molecule has 2 aromatic carbocycles. The van der Waals surface area contributed by atoms with E-state index in [9.17, 15) is 4.79 Å². The molecular weight excluding hydrogens is 319 g/mol. The zero-order chi connectivity index (χ0) is 13.1. The summed E-state index contributed by atoms with van der Waals surface area (Å²) in [7, 11) is 0. The van der Waals surface area contributed by atoms with E-state index in [0.29, 0.717) is 0 Å². The molecule has 2 N–H and O–H groups in total. The van der Waals surface area contributed by atoms with Gasteiger partial charge in [0, 0.05) is 10.0 Å². The number of hydrogen-bond acceptors (Lipinski definition) is 3. The second-order valence-corrected chi connectivity index (χ2v) is 4.65. The fourth-order valence-corrected chi connectivity index (χ4v) is 2.17. The summed E-state index contributed by atoms with van der Waals surface area (Å²) in [5, 5.41) is 17.6. The van der Waals surface area contributed by atoms with E-state index >= 15 is 0 Å². The molecule has 0 saturated heterocycles. The predicted octanol–water partition coefficient (Wildman–Crippen LogP) is 1.96. The van der Waals surface area contributed by atoms with E-state index in [2.05, 4.69) is 15.9 Å². The Morgan fingerprint density at radius 1 is 1.00 bits per heavy atom. The molecule has 0 unspecified atom stereocenters. The van der Waals surface area contributed by atoms with Crippen LogP contribution < -0.4 is 0 Å². The first-order valence-electron chi connectivity index (χ1n) is 5.35. The second kappa shape index (κ2) is 7.33. The van der Waals surface area contributed by atoms with Gasteiger partial charge in [-0.1, -0.05) is 58.4 Å². The second-order valence-electron chi connectivity index (χ2n) is 3.80. The van der Waals surface area contributed by atoms with Crippen LogP contribution in [0.5, 0.6) is 0 Å². The van der Waals surface area contributed by atoms with Gasteiger partial charge in [-0.3, -0.25) is 4.79 Å². The van der Waals surface area contributed by atoms with Crippen molar-refractivity contribution in [2.24, 2.45) is 0 Å². The van der Waals surface area contributed by atoms with Gasteiger partial charge in [-0.25, -0.2) is 0 Å². The summed E-state index contributed by atoms with van der Waals surface area (Å²) in [6, 6.07) is 14.5. The van der Waals surface area contributed by atoms with Crippen LogP contribution in [0, 0.1) is 0 Å². The molecule has 2 rings (SSSR count). The van der Waals surface area contributed by atoms with Crippen molar-refractivity contribution in [2.45, 2.75) is 6.29 Å². The molecule has 0 fully saturated rings. The Bertz CT molecular complexity index is 567. The molecule has 0 heterocycles. The fraction of sp³-hybridized carbons (Fsp3) is 0.0714. The molecule has 0 aliphatic rings. The Hall–Kier alpha value is -0.490. The Kier molecular flexibility index (Phi) is 6.39. The van der Waals surface area contributed by atoms with Crippen molar-refractivity contribution in [3.63, 3.8) is 0 Å². The van der Waals surface area contributed by atoms with Crippen LogP contribution in [0.25, 0.3) is 11.1 Å². The van der Waals surface area contributed by atoms with Gasteiger partial charge in [-0.15, -0.1) is 0 Å². The third-order valence-electron chi connectivity index (χ3n) is 2.59. The molecule has 0 aliphatic carbocycles. The summed E-state index contributed by atoms with van der Waals surface area (Å²) in [4.78, 5) is 11.3. The molecule has 0 atom stereocenters. The van der Waals surface area contributed by atoms with Crippen LogP contribution in [-0.4, -0.2) is 51.8 Å². The maximum absolute atomic E-state index is 11.3. The summed E-state index contributed by atoms with van der Waals surface area (Å²) in [6.07, 6.45) is -1.96. The number of hydrogen-bond donors (Lipinski definition) is 2. The predicted molar refractivity (Wildman–Crippen MR) is 79.3 cm³/mol. The van der Waals surface area contributed by atoms with E-state index in [1.54, 1.807) is 24.3 Å². The molecule has 19 heavy (non-hydrogen) atoms. The normalized spacial score (nSPS) is 10.1. The Morgan fingerprint density at radius 3 is 2.11 bits per heavy atom. The van der Waals surface area contributed by atoms with Gasteiger partial charge in [-0.05, 0) is 17.2 Å². The van der Waals surface area contributed by atoms with Gasteiger partial charge in [0.15, 0.2) is 0 Å². The fourth-order valence-electron chi connectivity index (χ4n) is 1.66. The summed E-state index contributed by atoms with van der Waals surface area (Å²) in [5.74, 6) is -0.700. The van der Waals surface area contributed by atoms with Crippen LogP contribution in [0.15, 0.2) is 53.0 Å². The van der Waals surface area contributed by atoms with Crippen molar-refractivity contribution in [3.05, 3.63) is 58.6 Å². The molecule has 0 spiro atoms. The van der Waals surface area contributed by atoms with Crippen LogP contribution in [0.3, 0.4) is 0 Å². The first kappa shape index (κ1) is 16.6. The molecule has 5 heteroatoms. The Labute approximate surface area is 141 Å². The monoisotopic (exact) mass is 330 g/mol. The minimum atomic E-state index is -1.96. The number of aliphatic hydroxyl groups is 2. The van der Waals surface area contributed by atoms with E-state index < -0.39 is 12.1 Å². The van der Waals surface area contributed by atoms with Crippen LogP contribution in [-0.2, 0) is 0 Å². The molecule has 2 aromatic rings. The number of aliphatic hydroxyl groups excluding tert-OH is 1. The summed E-state index contributed by atoms with van der Waals surface area (Å²) in [6.45, 7) is 0.